The molecule has 34 heavy (non-hydrogen) atoms. The van der Waals surface area contributed by atoms with Gasteiger partial charge in [0.05, 0.1) is 16.4 Å². The molecule has 6 bridgehead atoms. The minimum absolute atomic E-state index is 0.672. The predicted octanol–water partition coefficient (Wildman–Crippen LogP) is 5.26. The van der Waals surface area contributed by atoms with Crippen molar-refractivity contribution < 1.29 is 0 Å². The maximum absolute atomic E-state index is 4.98. The number of imidazole rings is 1. The van der Waals surface area contributed by atoms with E-state index in [9.17, 15) is 0 Å². The Labute approximate surface area is 196 Å². The molecule has 7 nitrogen and oxygen atoms in total. The molecule has 0 aliphatic carbocycles. The molecule has 7 heteroatoms. The first-order chi connectivity index (χ1) is 16.7. The maximum Gasteiger partial charge on any atom is 0.159 e. The van der Waals surface area contributed by atoms with Gasteiger partial charge in [0.2, 0.25) is 0 Å². The highest BCUT2D eigenvalue weighted by Gasteiger charge is 2.16. The molecular formula is C27H23N7. The van der Waals surface area contributed by atoms with Gasteiger partial charge < -0.3 is 10.3 Å². The summed E-state index contributed by atoms with van der Waals surface area (Å²) in [5.41, 5.74) is 9.92. The standard InChI is InChI=1S/C27H23N7/c1-16-9-18(12-28-2)14-29-13-17-5-3-6-19(10-17)21-7-4-8-23-24(21)32-27(31-23)25-22-11-20(16)15-30-26(22)34-33-25/h3-12,15,29H,2,13-14H2,1H3,(H,31,32)(H,30,33,34)/b16-9+,18-12+. The third-order valence-corrected chi connectivity index (χ3v) is 6.16. The van der Waals surface area contributed by atoms with E-state index in [2.05, 4.69) is 92.7 Å². The molecule has 1 aliphatic rings. The molecule has 0 radical (unpaired) electrons. The molecule has 3 aromatic heterocycles. The first-order valence-corrected chi connectivity index (χ1v) is 11.2. The summed E-state index contributed by atoms with van der Waals surface area (Å²) in [7, 11) is 0. The van der Waals surface area contributed by atoms with Crippen LogP contribution in [0.2, 0.25) is 0 Å². The minimum atomic E-state index is 0.672. The minimum Gasteiger partial charge on any atom is -0.337 e. The molecule has 4 heterocycles. The SMILES string of the molecule is C=N/C=C1\C=C(/C)c2cnc3[nH]nc(c3c2)-c2nc3c(cccc3[nH]2)-c2cccc(c2)CNC1. The predicted molar refractivity (Wildman–Crippen MR) is 137 cm³/mol. The Morgan fingerprint density at radius 3 is 2.88 bits per heavy atom. The number of aromatic amines is 2. The van der Waals surface area contributed by atoms with Crippen LogP contribution in [0.5, 0.6) is 0 Å². The van der Waals surface area contributed by atoms with Crippen molar-refractivity contribution in [2.24, 2.45) is 4.99 Å². The van der Waals surface area contributed by atoms with E-state index in [0.717, 1.165) is 62.1 Å². The molecule has 2 aromatic carbocycles. The second-order valence-corrected chi connectivity index (χ2v) is 8.50. The highest BCUT2D eigenvalue weighted by Crippen LogP contribution is 2.32. The van der Waals surface area contributed by atoms with Crippen LogP contribution in [-0.2, 0) is 6.54 Å². The van der Waals surface area contributed by atoms with Crippen LogP contribution in [0.4, 0.5) is 0 Å². The number of hydrogen-bond donors (Lipinski definition) is 3. The highest BCUT2D eigenvalue weighted by atomic mass is 15.2. The lowest BCUT2D eigenvalue weighted by atomic mass is 10.0. The topological polar surface area (TPSA) is 94.6 Å². The normalized spacial score (nSPS) is 16.7. The molecule has 0 unspecified atom stereocenters. The molecule has 0 saturated carbocycles. The molecular weight excluding hydrogens is 422 g/mol. The second kappa shape index (κ2) is 8.20. The number of nitrogens with one attached hydrogen (secondary N) is 3. The van der Waals surface area contributed by atoms with Crippen LogP contribution in [0, 0.1) is 0 Å². The quantitative estimate of drug-likeness (QED) is 0.307. The van der Waals surface area contributed by atoms with Crippen LogP contribution in [0.3, 0.4) is 0 Å². The van der Waals surface area contributed by atoms with E-state index in [-0.39, 0.29) is 0 Å². The summed E-state index contributed by atoms with van der Waals surface area (Å²) in [6.07, 6.45) is 5.77. The number of allylic oxidation sites excluding steroid dienone is 1. The van der Waals surface area contributed by atoms with Crippen LogP contribution in [0.25, 0.3) is 50.3 Å². The van der Waals surface area contributed by atoms with Gasteiger partial charge in [0.15, 0.2) is 11.5 Å². The van der Waals surface area contributed by atoms with E-state index in [1.165, 1.54) is 5.56 Å². The van der Waals surface area contributed by atoms with Crippen LogP contribution in [0.1, 0.15) is 18.1 Å². The number of pyridine rings is 1. The summed E-state index contributed by atoms with van der Waals surface area (Å²) >= 11 is 0. The molecule has 0 saturated heterocycles. The molecule has 0 amide bonds. The van der Waals surface area contributed by atoms with E-state index < -0.39 is 0 Å². The molecule has 5 aromatic rings. The number of benzene rings is 2. The monoisotopic (exact) mass is 445 g/mol. The van der Waals surface area contributed by atoms with Gasteiger partial charge in [0, 0.05) is 31.0 Å². The van der Waals surface area contributed by atoms with E-state index >= 15 is 0 Å². The number of fused-ring (bicyclic) bond motifs is 6. The molecule has 0 spiro atoms. The Balaban J connectivity index is 1.60. The zero-order valence-corrected chi connectivity index (χ0v) is 18.8. The van der Waals surface area contributed by atoms with Gasteiger partial charge in [0.1, 0.15) is 5.69 Å². The summed E-state index contributed by atoms with van der Waals surface area (Å²) in [5, 5.41) is 12.1. The summed E-state index contributed by atoms with van der Waals surface area (Å²) in [4.78, 5) is 17.0. The molecule has 3 N–H and O–H groups in total. The molecule has 166 valence electrons. The average molecular weight is 446 g/mol. The lowest BCUT2D eigenvalue weighted by molar-refractivity contribution is 0.746. The zero-order chi connectivity index (χ0) is 23.1. The smallest absolute Gasteiger partial charge is 0.159 e. The van der Waals surface area contributed by atoms with Crippen molar-refractivity contribution in [1.29, 1.82) is 0 Å². The maximum atomic E-state index is 4.98. The average Bonchev–Trinajstić information content (AvgIpc) is 3.47. The van der Waals surface area contributed by atoms with Crippen LogP contribution in [-0.4, -0.2) is 38.4 Å². The van der Waals surface area contributed by atoms with Crippen molar-refractivity contribution in [2.75, 3.05) is 6.54 Å². The van der Waals surface area contributed by atoms with Crippen LogP contribution < -0.4 is 5.32 Å². The van der Waals surface area contributed by atoms with Gasteiger partial charge in [0.25, 0.3) is 0 Å². The molecule has 0 atom stereocenters. The van der Waals surface area contributed by atoms with Gasteiger partial charge in [-0.25, -0.2) is 9.97 Å². The Bertz CT molecular complexity index is 1620. The van der Waals surface area contributed by atoms with Gasteiger partial charge in [-0.15, -0.1) is 0 Å². The van der Waals surface area contributed by atoms with Gasteiger partial charge in [-0.3, -0.25) is 10.1 Å². The molecule has 6 rings (SSSR count). The Kier molecular flexibility index (Phi) is 4.89. The van der Waals surface area contributed by atoms with Crippen molar-refractivity contribution in [3.05, 3.63) is 83.7 Å². The number of rotatable bonds is 1. The number of H-pyrrole nitrogens is 2. The van der Waals surface area contributed by atoms with Gasteiger partial charge in [-0.1, -0.05) is 36.4 Å². The highest BCUT2D eigenvalue weighted by molar-refractivity contribution is 5.97. The van der Waals surface area contributed by atoms with Gasteiger partial charge >= 0.3 is 0 Å². The van der Waals surface area contributed by atoms with Crippen LogP contribution in [0.15, 0.2) is 77.6 Å². The van der Waals surface area contributed by atoms with Crippen LogP contribution >= 0.6 is 0 Å². The first kappa shape index (κ1) is 20.3. The van der Waals surface area contributed by atoms with E-state index in [0.29, 0.717) is 12.4 Å². The number of aromatic nitrogens is 5. The summed E-state index contributed by atoms with van der Waals surface area (Å²) in [5.74, 6) is 0.716. The number of aliphatic imine (C=N–C) groups is 1. The lowest BCUT2D eigenvalue weighted by Gasteiger charge is -2.09. The lowest BCUT2D eigenvalue weighted by Crippen LogP contribution is -2.16. The third-order valence-electron chi connectivity index (χ3n) is 6.16. The zero-order valence-electron chi connectivity index (χ0n) is 18.8. The Morgan fingerprint density at radius 1 is 1.06 bits per heavy atom. The number of para-hydroxylation sites is 1. The fourth-order valence-corrected chi connectivity index (χ4v) is 4.49. The first-order valence-electron chi connectivity index (χ1n) is 11.2. The summed E-state index contributed by atoms with van der Waals surface area (Å²) in [6.45, 7) is 7.12. The Morgan fingerprint density at radius 2 is 1.97 bits per heavy atom. The number of nitrogens with zero attached hydrogens (tertiary/aromatic N) is 4. The summed E-state index contributed by atoms with van der Waals surface area (Å²) < 4.78 is 0. The molecule has 0 fully saturated rings. The second-order valence-electron chi connectivity index (χ2n) is 8.50. The summed E-state index contributed by atoms with van der Waals surface area (Å²) in [6, 6.07) is 16.9. The van der Waals surface area contributed by atoms with Gasteiger partial charge in [-0.2, -0.15) is 5.10 Å². The van der Waals surface area contributed by atoms with E-state index in [1.807, 2.05) is 12.3 Å². The van der Waals surface area contributed by atoms with Crippen molar-refractivity contribution >= 4 is 34.4 Å². The van der Waals surface area contributed by atoms with Crippen molar-refractivity contribution in [2.45, 2.75) is 13.5 Å². The van der Waals surface area contributed by atoms with Crippen molar-refractivity contribution in [3.8, 4) is 22.6 Å². The Hall–Kier alpha value is -4.36. The van der Waals surface area contributed by atoms with Crippen molar-refractivity contribution in [3.63, 3.8) is 0 Å². The largest absolute Gasteiger partial charge is 0.337 e. The fourth-order valence-electron chi connectivity index (χ4n) is 4.49. The van der Waals surface area contributed by atoms with E-state index in [4.69, 9.17) is 4.98 Å². The molecule has 1 aliphatic heterocycles. The van der Waals surface area contributed by atoms with Crippen molar-refractivity contribution in [1.82, 2.24) is 30.5 Å². The fraction of sp³-hybridized carbons (Fsp3) is 0.111. The third kappa shape index (κ3) is 3.52. The van der Waals surface area contributed by atoms with Gasteiger partial charge in [-0.05, 0) is 59.7 Å². The van der Waals surface area contributed by atoms with E-state index in [1.54, 1.807) is 6.20 Å². The number of hydrogen-bond acceptors (Lipinski definition) is 5.